The molecule has 0 N–H and O–H groups in total. The van der Waals surface area contributed by atoms with Gasteiger partial charge in [0.15, 0.2) is 0 Å². The summed E-state index contributed by atoms with van der Waals surface area (Å²) in [6.07, 6.45) is 1.81. The average molecular weight is 280 g/mol. The molecule has 0 aliphatic carbocycles. The van der Waals surface area contributed by atoms with E-state index >= 15 is 0 Å². The molecule has 0 aliphatic heterocycles. The van der Waals surface area contributed by atoms with E-state index in [9.17, 15) is 0 Å². The molecule has 2 aromatic heterocycles. The van der Waals surface area contributed by atoms with Crippen molar-refractivity contribution >= 4 is 16.7 Å². The van der Waals surface area contributed by atoms with Crippen LogP contribution in [-0.2, 0) is 6.54 Å². The highest BCUT2D eigenvalue weighted by atomic mass is 15.2. The van der Waals surface area contributed by atoms with Crippen molar-refractivity contribution in [3.63, 3.8) is 0 Å². The van der Waals surface area contributed by atoms with Crippen molar-refractivity contribution in [3.8, 4) is 0 Å². The predicted octanol–water partition coefficient (Wildman–Crippen LogP) is 3.18. The molecule has 4 nitrogen and oxygen atoms in total. The summed E-state index contributed by atoms with van der Waals surface area (Å²) >= 11 is 0. The van der Waals surface area contributed by atoms with E-state index in [4.69, 9.17) is 0 Å². The molecule has 0 aliphatic rings. The van der Waals surface area contributed by atoms with Crippen LogP contribution < -0.4 is 4.90 Å². The van der Waals surface area contributed by atoms with E-state index in [1.165, 1.54) is 16.6 Å². The molecule has 1 aromatic carbocycles. The maximum Gasteiger partial charge on any atom is 0.132 e. The fraction of sp³-hybridized carbons (Fsp3) is 0.294. The van der Waals surface area contributed by atoms with Crippen molar-refractivity contribution < 1.29 is 0 Å². The molecule has 108 valence electrons. The third kappa shape index (κ3) is 2.75. The smallest absolute Gasteiger partial charge is 0.132 e. The molecule has 2 heterocycles. The first-order chi connectivity index (χ1) is 10.1. The van der Waals surface area contributed by atoms with Gasteiger partial charge in [0, 0.05) is 37.5 Å². The number of likely N-dealkylation sites (N-methyl/N-ethyl adjacent to an activating group) is 1. The first kappa shape index (κ1) is 13.6. The Morgan fingerprint density at radius 1 is 1.14 bits per heavy atom. The van der Waals surface area contributed by atoms with Gasteiger partial charge in [-0.15, -0.1) is 0 Å². The maximum absolute atomic E-state index is 4.46. The van der Waals surface area contributed by atoms with E-state index in [0.717, 1.165) is 24.7 Å². The lowest BCUT2D eigenvalue weighted by molar-refractivity contribution is 0.685. The summed E-state index contributed by atoms with van der Waals surface area (Å²) in [5, 5.41) is 1.30. The normalized spacial score (nSPS) is 11.0. The van der Waals surface area contributed by atoms with Crippen LogP contribution in [0.1, 0.15) is 11.5 Å². The Kier molecular flexibility index (Phi) is 3.60. The minimum absolute atomic E-state index is 0.807. The van der Waals surface area contributed by atoms with Gasteiger partial charge >= 0.3 is 0 Å². The number of aromatic nitrogens is 3. The second-order valence-corrected chi connectivity index (χ2v) is 5.38. The van der Waals surface area contributed by atoms with Gasteiger partial charge < -0.3 is 9.47 Å². The topological polar surface area (TPSA) is 34.0 Å². The van der Waals surface area contributed by atoms with E-state index in [-0.39, 0.29) is 0 Å². The van der Waals surface area contributed by atoms with Crippen LogP contribution in [0, 0.1) is 13.8 Å². The summed E-state index contributed by atoms with van der Waals surface area (Å²) in [6.45, 7) is 5.94. The van der Waals surface area contributed by atoms with Crippen LogP contribution in [0.5, 0.6) is 0 Å². The van der Waals surface area contributed by atoms with Gasteiger partial charge in [0.2, 0.25) is 0 Å². The van der Waals surface area contributed by atoms with Crippen LogP contribution in [0.3, 0.4) is 0 Å². The molecule has 3 rings (SSSR count). The van der Waals surface area contributed by atoms with Crippen molar-refractivity contribution in [2.24, 2.45) is 0 Å². The van der Waals surface area contributed by atoms with Gasteiger partial charge in [0.25, 0.3) is 0 Å². The molecule has 4 heteroatoms. The van der Waals surface area contributed by atoms with E-state index in [1.54, 1.807) is 0 Å². The molecule has 0 saturated carbocycles. The number of hydrogen-bond donors (Lipinski definition) is 0. The molecule has 0 fully saturated rings. The molecule has 0 atom stereocenters. The van der Waals surface area contributed by atoms with E-state index in [2.05, 4.69) is 63.7 Å². The van der Waals surface area contributed by atoms with E-state index in [0.29, 0.717) is 0 Å². The lowest BCUT2D eigenvalue weighted by atomic mass is 10.2. The zero-order valence-electron chi connectivity index (χ0n) is 12.7. The number of fused-ring (bicyclic) bond motifs is 1. The van der Waals surface area contributed by atoms with Crippen molar-refractivity contribution in [1.82, 2.24) is 14.5 Å². The van der Waals surface area contributed by atoms with E-state index in [1.807, 2.05) is 19.2 Å². The average Bonchev–Trinajstić information content (AvgIpc) is 2.80. The van der Waals surface area contributed by atoms with Gasteiger partial charge in [0.05, 0.1) is 0 Å². The standard InChI is InChI=1S/C17H20N4/c1-13-12-15-6-4-5-7-16(15)21(13)11-10-20(3)17-8-9-18-14(2)19-17/h4-9,12H,10-11H2,1-3H3. The molecule has 0 unspecified atom stereocenters. The summed E-state index contributed by atoms with van der Waals surface area (Å²) in [7, 11) is 2.07. The first-order valence-corrected chi connectivity index (χ1v) is 7.21. The highest BCUT2D eigenvalue weighted by Gasteiger charge is 2.07. The second kappa shape index (κ2) is 5.56. The molecule has 0 saturated heterocycles. The molecule has 21 heavy (non-hydrogen) atoms. The number of benzene rings is 1. The lowest BCUT2D eigenvalue weighted by Gasteiger charge is -2.19. The van der Waals surface area contributed by atoms with Crippen molar-refractivity contribution in [2.45, 2.75) is 20.4 Å². The first-order valence-electron chi connectivity index (χ1n) is 7.21. The Morgan fingerprint density at radius 2 is 1.95 bits per heavy atom. The third-order valence-electron chi connectivity index (χ3n) is 3.83. The lowest BCUT2D eigenvalue weighted by Crippen LogP contribution is -2.24. The van der Waals surface area contributed by atoms with Gasteiger partial charge in [-0.1, -0.05) is 18.2 Å². The Morgan fingerprint density at radius 3 is 2.76 bits per heavy atom. The summed E-state index contributed by atoms with van der Waals surface area (Å²) in [5.74, 6) is 1.78. The number of aryl methyl sites for hydroxylation is 2. The second-order valence-electron chi connectivity index (χ2n) is 5.38. The Labute approximate surface area is 125 Å². The molecule has 0 radical (unpaired) electrons. The third-order valence-corrected chi connectivity index (χ3v) is 3.83. The van der Waals surface area contributed by atoms with Gasteiger partial charge in [-0.05, 0) is 37.4 Å². The summed E-state index contributed by atoms with van der Waals surface area (Å²) in [4.78, 5) is 10.8. The van der Waals surface area contributed by atoms with Crippen LogP contribution >= 0.6 is 0 Å². The Bertz CT molecular complexity index is 760. The van der Waals surface area contributed by atoms with Crippen molar-refractivity contribution in [1.29, 1.82) is 0 Å². The van der Waals surface area contributed by atoms with Crippen molar-refractivity contribution in [3.05, 3.63) is 54.1 Å². The molecule has 3 aromatic rings. The van der Waals surface area contributed by atoms with Crippen molar-refractivity contribution in [2.75, 3.05) is 18.5 Å². The fourth-order valence-electron chi connectivity index (χ4n) is 2.67. The zero-order valence-corrected chi connectivity index (χ0v) is 12.7. The monoisotopic (exact) mass is 280 g/mol. The number of para-hydroxylation sites is 1. The molecular weight excluding hydrogens is 260 g/mol. The summed E-state index contributed by atoms with van der Waals surface area (Å²) < 4.78 is 2.36. The van der Waals surface area contributed by atoms with E-state index < -0.39 is 0 Å². The Hall–Kier alpha value is -2.36. The van der Waals surface area contributed by atoms with Gasteiger partial charge in [-0.3, -0.25) is 0 Å². The number of rotatable bonds is 4. The highest BCUT2D eigenvalue weighted by Crippen LogP contribution is 2.19. The van der Waals surface area contributed by atoms with Gasteiger partial charge in [-0.2, -0.15) is 0 Å². The van der Waals surface area contributed by atoms with Crippen LogP contribution in [0.4, 0.5) is 5.82 Å². The largest absolute Gasteiger partial charge is 0.358 e. The SMILES string of the molecule is Cc1nccc(N(C)CCn2c(C)cc3ccccc32)n1. The summed E-state index contributed by atoms with van der Waals surface area (Å²) in [5.41, 5.74) is 2.59. The fourth-order valence-corrected chi connectivity index (χ4v) is 2.67. The van der Waals surface area contributed by atoms with Crippen LogP contribution in [0.2, 0.25) is 0 Å². The number of hydrogen-bond acceptors (Lipinski definition) is 3. The molecule has 0 amide bonds. The number of anilines is 1. The molecule has 0 spiro atoms. The van der Waals surface area contributed by atoms with Crippen LogP contribution in [0.25, 0.3) is 10.9 Å². The predicted molar refractivity (Wildman–Crippen MR) is 86.7 cm³/mol. The van der Waals surface area contributed by atoms with Crippen LogP contribution in [0.15, 0.2) is 42.6 Å². The summed E-state index contributed by atoms with van der Waals surface area (Å²) in [6, 6.07) is 12.7. The Balaban J connectivity index is 1.79. The van der Waals surface area contributed by atoms with Crippen LogP contribution in [-0.4, -0.2) is 28.1 Å². The van der Waals surface area contributed by atoms with Gasteiger partial charge in [0.1, 0.15) is 11.6 Å². The maximum atomic E-state index is 4.46. The molecule has 0 bridgehead atoms. The quantitative estimate of drug-likeness (QED) is 0.736. The molecular formula is C17H20N4. The van der Waals surface area contributed by atoms with Gasteiger partial charge in [-0.25, -0.2) is 9.97 Å². The number of nitrogens with zero attached hydrogens (tertiary/aromatic N) is 4. The minimum atomic E-state index is 0.807. The highest BCUT2D eigenvalue weighted by molar-refractivity contribution is 5.81. The zero-order chi connectivity index (χ0) is 14.8. The minimum Gasteiger partial charge on any atom is -0.358 e.